The van der Waals surface area contributed by atoms with Crippen LogP contribution in [0.25, 0.3) is 0 Å². The van der Waals surface area contributed by atoms with Crippen molar-refractivity contribution in [1.82, 2.24) is 4.90 Å². The highest BCUT2D eigenvalue weighted by Gasteiger charge is 2.24. The topological polar surface area (TPSA) is 49.8 Å². The van der Waals surface area contributed by atoms with Crippen LogP contribution in [0, 0.1) is 0 Å². The highest BCUT2D eigenvalue weighted by atomic mass is 16.5. The number of aromatic hydroxyl groups is 1. The fourth-order valence-corrected chi connectivity index (χ4v) is 3.19. The van der Waals surface area contributed by atoms with E-state index in [-0.39, 0.29) is 11.7 Å². The first kappa shape index (κ1) is 17.1. The van der Waals surface area contributed by atoms with E-state index in [1.54, 1.807) is 18.2 Å². The molecule has 1 aliphatic rings. The fraction of sp³-hybridized carbons (Fsp3) is 0.286. The predicted molar refractivity (Wildman–Crippen MR) is 98.1 cm³/mol. The van der Waals surface area contributed by atoms with Gasteiger partial charge in [0.05, 0.1) is 0 Å². The molecule has 0 saturated carbocycles. The van der Waals surface area contributed by atoms with E-state index in [1.165, 1.54) is 5.56 Å². The second-order valence-electron chi connectivity index (χ2n) is 6.28. The summed E-state index contributed by atoms with van der Waals surface area (Å²) < 4.78 is 5.45. The van der Waals surface area contributed by atoms with Gasteiger partial charge < -0.3 is 14.7 Å². The van der Waals surface area contributed by atoms with E-state index < -0.39 is 0 Å². The standard InChI is InChI=1S/C21H23NO3/c1-2-15-25-20-9-5-18(6-10-20)21(24)22-13-11-17(12-14-22)16-3-7-19(23)8-4-16/h2-10,17,23H,1,11-15H2. The van der Waals surface area contributed by atoms with Crippen molar-refractivity contribution in [3.05, 3.63) is 72.3 Å². The van der Waals surface area contributed by atoms with Crippen LogP contribution in [-0.4, -0.2) is 35.6 Å². The third-order valence-electron chi connectivity index (χ3n) is 4.62. The van der Waals surface area contributed by atoms with Gasteiger partial charge in [0, 0.05) is 18.7 Å². The van der Waals surface area contributed by atoms with Crippen LogP contribution in [0.5, 0.6) is 11.5 Å². The molecule has 0 aromatic heterocycles. The summed E-state index contributed by atoms with van der Waals surface area (Å²) in [6.45, 7) is 5.57. The number of amides is 1. The summed E-state index contributed by atoms with van der Waals surface area (Å²) in [4.78, 5) is 14.6. The van der Waals surface area contributed by atoms with Crippen molar-refractivity contribution in [3.8, 4) is 11.5 Å². The molecule has 0 spiro atoms. The van der Waals surface area contributed by atoms with Crippen LogP contribution in [0.2, 0.25) is 0 Å². The van der Waals surface area contributed by atoms with Crippen LogP contribution in [0.15, 0.2) is 61.2 Å². The summed E-state index contributed by atoms with van der Waals surface area (Å²) in [6.07, 6.45) is 3.57. The molecular formula is C21H23NO3. The smallest absolute Gasteiger partial charge is 0.253 e. The number of hydrogen-bond donors (Lipinski definition) is 1. The number of ether oxygens (including phenoxy) is 1. The van der Waals surface area contributed by atoms with Crippen molar-refractivity contribution in [2.45, 2.75) is 18.8 Å². The van der Waals surface area contributed by atoms with Crippen LogP contribution in [0.4, 0.5) is 0 Å². The predicted octanol–water partition coefficient (Wildman–Crippen LogP) is 3.98. The van der Waals surface area contributed by atoms with Crippen LogP contribution in [-0.2, 0) is 0 Å². The second-order valence-corrected chi connectivity index (χ2v) is 6.28. The number of benzene rings is 2. The lowest BCUT2D eigenvalue weighted by Gasteiger charge is -2.32. The SMILES string of the molecule is C=CCOc1ccc(C(=O)N2CCC(c3ccc(O)cc3)CC2)cc1. The number of hydrogen-bond acceptors (Lipinski definition) is 3. The van der Waals surface area contributed by atoms with E-state index in [0.717, 1.165) is 31.7 Å². The highest BCUT2D eigenvalue weighted by Crippen LogP contribution is 2.29. The Kier molecular flexibility index (Phi) is 5.39. The van der Waals surface area contributed by atoms with E-state index in [1.807, 2.05) is 41.3 Å². The van der Waals surface area contributed by atoms with Crippen molar-refractivity contribution in [2.75, 3.05) is 19.7 Å². The number of carbonyl (C=O) groups excluding carboxylic acids is 1. The van der Waals surface area contributed by atoms with Gasteiger partial charge in [-0.3, -0.25) is 4.79 Å². The van der Waals surface area contributed by atoms with Gasteiger partial charge in [0.1, 0.15) is 18.1 Å². The largest absolute Gasteiger partial charge is 0.508 e. The van der Waals surface area contributed by atoms with Gasteiger partial charge in [-0.25, -0.2) is 0 Å². The molecule has 4 heteroatoms. The molecule has 3 rings (SSSR count). The van der Waals surface area contributed by atoms with Crippen molar-refractivity contribution >= 4 is 5.91 Å². The van der Waals surface area contributed by atoms with Crippen LogP contribution in [0.3, 0.4) is 0 Å². The van der Waals surface area contributed by atoms with Crippen LogP contribution < -0.4 is 4.74 Å². The van der Waals surface area contributed by atoms with E-state index >= 15 is 0 Å². The number of rotatable bonds is 5. The Hall–Kier alpha value is -2.75. The van der Waals surface area contributed by atoms with Crippen molar-refractivity contribution in [2.24, 2.45) is 0 Å². The third kappa shape index (κ3) is 4.21. The molecule has 4 nitrogen and oxygen atoms in total. The molecule has 0 radical (unpaired) electrons. The first-order valence-corrected chi connectivity index (χ1v) is 8.59. The Morgan fingerprint density at radius 2 is 1.76 bits per heavy atom. The lowest BCUT2D eigenvalue weighted by Crippen LogP contribution is -2.37. The Morgan fingerprint density at radius 3 is 2.36 bits per heavy atom. The fourth-order valence-electron chi connectivity index (χ4n) is 3.19. The summed E-state index contributed by atoms with van der Waals surface area (Å²) in [5, 5.41) is 9.40. The third-order valence-corrected chi connectivity index (χ3v) is 4.62. The number of carbonyl (C=O) groups is 1. The average Bonchev–Trinajstić information content (AvgIpc) is 2.67. The minimum Gasteiger partial charge on any atom is -0.508 e. The lowest BCUT2D eigenvalue weighted by molar-refractivity contribution is 0.0713. The van der Waals surface area contributed by atoms with Crippen LogP contribution in [0.1, 0.15) is 34.7 Å². The molecule has 1 amide bonds. The Balaban J connectivity index is 1.57. The first-order valence-electron chi connectivity index (χ1n) is 8.59. The maximum atomic E-state index is 12.6. The minimum absolute atomic E-state index is 0.0689. The molecule has 2 aromatic carbocycles. The summed E-state index contributed by atoms with van der Waals surface area (Å²) in [5.41, 5.74) is 1.92. The van der Waals surface area contributed by atoms with E-state index in [0.29, 0.717) is 18.1 Å². The number of nitrogens with zero attached hydrogens (tertiary/aromatic N) is 1. The monoisotopic (exact) mass is 337 g/mol. The average molecular weight is 337 g/mol. The minimum atomic E-state index is 0.0689. The summed E-state index contributed by atoms with van der Waals surface area (Å²) in [6, 6.07) is 14.7. The number of phenols is 1. The van der Waals surface area contributed by atoms with E-state index in [4.69, 9.17) is 4.74 Å². The van der Waals surface area contributed by atoms with Gasteiger partial charge >= 0.3 is 0 Å². The van der Waals surface area contributed by atoms with Gasteiger partial charge in [-0.2, -0.15) is 0 Å². The van der Waals surface area contributed by atoms with Gasteiger partial charge in [-0.15, -0.1) is 0 Å². The number of likely N-dealkylation sites (tertiary alicyclic amines) is 1. The van der Waals surface area contributed by atoms with E-state index in [9.17, 15) is 9.90 Å². The van der Waals surface area contributed by atoms with Crippen molar-refractivity contribution in [3.63, 3.8) is 0 Å². The molecule has 1 aliphatic heterocycles. The van der Waals surface area contributed by atoms with Gasteiger partial charge in [-0.05, 0) is 60.7 Å². The molecule has 1 heterocycles. The maximum Gasteiger partial charge on any atom is 0.253 e. The molecule has 130 valence electrons. The molecule has 2 aromatic rings. The highest BCUT2D eigenvalue weighted by molar-refractivity contribution is 5.94. The normalized spacial score (nSPS) is 15.0. The first-order chi connectivity index (χ1) is 12.2. The molecule has 1 fully saturated rings. The molecule has 25 heavy (non-hydrogen) atoms. The zero-order chi connectivity index (χ0) is 17.6. The molecule has 0 bridgehead atoms. The molecular weight excluding hydrogens is 314 g/mol. The summed E-state index contributed by atoms with van der Waals surface area (Å²) >= 11 is 0. The van der Waals surface area contributed by atoms with Gasteiger partial charge in [0.2, 0.25) is 0 Å². The number of phenolic OH excluding ortho intramolecular Hbond substituents is 1. The quantitative estimate of drug-likeness (QED) is 0.840. The van der Waals surface area contributed by atoms with Crippen molar-refractivity contribution < 1.29 is 14.6 Å². The van der Waals surface area contributed by atoms with Crippen molar-refractivity contribution in [1.29, 1.82) is 0 Å². The molecule has 1 N–H and O–H groups in total. The zero-order valence-electron chi connectivity index (χ0n) is 14.2. The molecule has 0 atom stereocenters. The van der Waals surface area contributed by atoms with E-state index in [2.05, 4.69) is 6.58 Å². The molecule has 1 saturated heterocycles. The summed E-state index contributed by atoms with van der Waals surface area (Å²) in [7, 11) is 0. The lowest BCUT2D eigenvalue weighted by atomic mass is 9.89. The number of piperidine rings is 1. The molecule has 0 aliphatic carbocycles. The Morgan fingerprint density at radius 1 is 1.12 bits per heavy atom. The Labute approximate surface area is 148 Å². The van der Waals surface area contributed by atoms with Crippen LogP contribution >= 0.6 is 0 Å². The Bertz CT molecular complexity index is 714. The van der Waals surface area contributed by atoms with Gasteiger partial charge in [0.25, 0.3) is 5.91 Å². The molecule has 0 unspecified atom stereocenters. The summed E-state index contributed by atoms with van der Waals surface area (Å²) in [5.74, 6) is 1.54. The van der Waals surface area contributed by atoms with Gasteiger partial charge in [0.15, 0.2) is 0 Å². The maximum absolute atomic E-state index is 12.6. The zero-order valence-corrected chi connectivity index (χ0v) is 14.2. The second kappa shape index (κ2) is 7.88. The van der Waals surface area contributed by atoms with Gasteiger partial charge in [-0.1, -0.05) is 24.8 Å².